The summed E-state index contributed by atoms with van der Waals surface area (Å²) in [5.74, 6) is -0.921. The van der Waals surface area contributed by atoms with Crippen molar-refractivity contribution in [3.63, 3.8) is 0 Å². The highest BCUT2D eigenvalue weighted by molar-refractivity contribution is 6.36. The normalized spacial score (nSPS) is 14.1. The first kappa shape index (κ1) is 16.4. The fourth-order valence-electron chi connectivity index (χ4n) is 2.61. The topological polar surface area (TPSA) is 78.5 Å². The number of likely N-dealkylation sites (N-methyl/N-ethyl adjacent to an activating group) is 1. The predicted molar refractivity (Wildman–Crippen MR) is 95.5 cm³/mol. The minimum atomic E-state index is -0.380. The lowest BCUT2D eigenvalue weighted by molar-refractivity contribution is -0.135. The van der Waals surface area contributed by atoms with E-state index in [1.807, 2.05) is 30.3 Å². The van der Waals surface area contributed by atoms with E-state index in [1.165, 1.54) is 14.0 Å². The van der Waals surface area contributed by atoms with Crippen LogP contribution in [0.1, 0.15) is 12.5 Å². The molecule has 3 rings (SSSR count). The molecule has 1 aliphatic rings. The van der Waals surface area contributed by atoms with Crippen LogP contribution in [0, 0.1) is 0 Å². The van der Waals surface area contributed by atoms with Crippen molar-refractivity contribution in [3.8, 4) is 0 Å². The zero-order chi connectivity index (χ0) is 18.0. The Morgan fingerprint density at radius 2 is 1.52 bits per heavy atom. The molecule has 0 spiro atoms. The molecule has 0 unspecified atom stereocenters. The highest BCUT2D eigenvalue weighted by atomic mass is 16.2. The maximum absolute atomic E-state index is 12.5. The number of para-hydroxylation sites is 1. The lowest BCUT2D eigenvalue weighted by Gasteiger charge is -2.09. The molecule has 0 aliphatic carbocycles. The van der Waals surface area contributed by atoms with Crippen LogP contribution in [0.4, 0.5) is 11.4 Å². The summed E-state index contributed by atoms with van der Waals surface area (Å²) in [4.78, 5) is 37.2. The van der Waals surface area contributed by atoms with Crippen molar-refractivity contribution in [1.29, 1.82) is 0 Å². The molecule has 1 heterocycles. The molecular weight excluding hydrogens is 318 g/mol. The second kappa shape index (κ2) is 6.60. The number of imide groups is 1. The van der Waals surface area contributed by atoms with Crippen LogP contribution in [0.2, 0.25) is 0 Å². The molecule has 3 amide bonds. The van der Waals surface area contributed by atoms with Crippen molar-refractivity contribution < 1.29 is 14.4 Å². The summed E-state index contributed by atoms with van der Waals surface area (Å²) in [5, 5.41) is 5.71. The second-order valence-corrected chi connectivity index (χ2v) is 5.67. The van der Waals surface area contributed by atoms with Crippen LogP contribution in [0.3, 0.4) is 0 Å². The van der Waals surface area contributed by atoms with E-state index in [0.29, 0.717) is 16.8 Å². The number of hydrogen-bond donors (Lipinski definition) is 2. The van der Waals surface area contributed by atoms with Crippen LogP contribution in [0.15, 0.2) is 60.3 Å². The number of anilines is 2. The molecule has 1 aliphatic heterocycles. The highest BCUT2D eigenvalue weighted by Gasteiger charge is 2.36. The average molecular weight is 335 g/mol. The SMILES string of the molecule is CC(=O)Nc1ccc(C2=C(Nc3ccccc3)C(=O)N(C)C2=O)cc1. The van der Waals surface area contributed by atoms with Gasteiger partial charge in [-0.15, -0.1) is 0 Å². The van der Waals surface area contributed by atoms with Gasteiger partial charge >= 0.3 is 0 Å². The monoisotopic (exact) mass is 335 g/mol. The number of hydrogen-bond acceptors (Lipinski definition) is 4. The Hall–Kier alpha value is -3.41. The third-order valence-electron chi connectivity index (χ3n) is 3.82. The third-order valence-corrected chi connectivity index (χ3v) is 3.82. The van der Waals surface area contributed by atoms with Crippen molar-refractivity contribution in [1.82, 2.24) is 4.90 Å². The first-order chi connectivity index (χ1) is 12.0. The van der Waals surface area contributed by atoms with E-state index in [1.54, 1.807) is 24.3 Å². The molecule has 0 aromatic heterocycles. The zero-order valence-electron chi connectivity index (χ0n) is 13.9. The molecule has 0 saturated heterocycles. The van der Waals surface area contributed by atoms with Gasteiger partial charge in [0, 0.05) is 25.3 Å². The number of carbonyl (C=O) groups excluding carboxylic acids is 3. The van der Waals surface area contributed by atoms with Gasteiger partial charge in [-0.2, -0.15) is 0 Å². The Morgan fingerprint density at radius 3 is 2.12 bits per heavy atom. The molecule has 126 valence electrons. The van der Waals surface area contributed by atoms with E-state index < -0.39 is 0 Å². The van der Waals surface area contributed by atoms with Crippen molar-refractivity contribution >= 4 is 34.7 Å². The van der Waals surface area contributed by atoms with E-state index in [9.17, 15) is 14.4 Å². The fraction of sp³-hybridized carbons (Fsp3) is 0.105. The van der Waals surface area contributed by atoms with Gasteiger partial charge in [0.05, 0.1) is 5.57 Å². The summed E-state index contributed by atoms with van der Waals surface area (Å²) in [6, 6.07) is 16.0. The van der Waals surface area contributed by atoms with Crippen molar-refractivity contribution in [2.24, 2.45) is 0 Å². The number of rotatable bonds is 4. The molecule has 6 nitrogen and oxygen atoms in total. The zero-order valence-corrected chi connectivity index (χ0v) is 13.9. The van der Waals surface area contributed by atoms with Crippen LogP contribution in [-0.4, -0.2) is 29.7 Å². The Morgan fingerprint density at radius 1 is 0.880 bits per heavy atom. The minimum Gasteiger partial charge on any atom is -0.350 e. The van der Waals surface area contributed by atoms with Crippen LogP contribution < -0.4 is 10.6 Å². The van der Waals surface area contributed by atoms with E-state index >= 15 is 0 Å². The molecule has 2 aromatic rings. The minimum absolute atomic E-state index is 0.176. The Kier molecular flexibility index (Phi) is 4.35. The number of nitrogens with one attached hydrogen (secondary N) is 2. The average Bonchev–Trinajstić information content (AvgIpc) is 2.80. The summed E-state index contributed by atoms with van der Waals surface area (Å²) >= 11 is 0. The molecule has 0 saturated carbocycles. The molecule has 6 heteroatoms. The fourth-order valence-corrected chi connectivity index (χ4v) is 2.61. The van der Waals surface area contributed by atoms with E-state index in [0.717, 1.165) is 10.6 Å². The van der Waals surface area contributed by atoms with Crippen LogP contribution in [0.25, 0.3) is 5.57 Å². The lowest BCUT2D eigenvalue weighted by atomic mass is 10.0. The third kappa shape index (κ3) is 3.28. The van der Waals surface area contributed by atoms with Crippen LogP contribution in [0.5, 0.6) is 0 Å². The van der Waals surface area contributed by atoms with Crippen LogP contribution in [-0.2, 0) is 14.4 Å². The maximum atomic E-state index is 12.5. The molecular formula is C19H17N3O3. The molecule has 0 radical (unpaired) electrons. The van der Waals surface area contributed by atoms with Gasteiger partial charge in [-0.3, -0.25) is 19.3 Å². The molecule has 2 N–H and O–H groups in total. The number of benzene rings is 2. The van der Waals surface area contributed by atoms with Gasteiger partial charge in [-0.05, 0) is 29.8 Å². The summed E-state index contributed by atoms with van der Waals surface area (Å²) in [6.07, 6.45) is 0. The van der Waals surface area contributed by atoms with Crippen molar-refractivity contribution in [3.05, 3.63) is 65.9 Å². The lowest BCUT2D eigenvalue weighted by Crippen LogP contribution is -2.27. The Bertz CT molecular complexity index is 871. The highest BCUT2D eigenvalue weighted by Crippen LogP contribution is 2.30. The maximum Gasteiger partial charge on any atom is 0.277 e. The van der Waals surface area contributed by atoms with Crippen molar-refractivity contribution in [2.75, 3.05) is 17.7 Å². The smallest absolute Gasteiger partial charge is 0.277 e. The Balaban J connectivity index is 2.00. The summed E-state index contributed by atoms with van der Waals surface area (Å²) in [7, 11) is 1.45. The van der Waals surface area contributed by atoms with Crippen molar-refractivity contribution in [2.45, 2.75) is 6.92 Å². The second-order valence-electron chi connectivity index (χ2n) is 5.67. The Labute approximate surface area is 145 Å². The van der Waals surface area contributed by atoms with Gasteiger partial charge in [0.25, 0.3) is 11.8 Å². The molecule has 2 aromatic carbocycles. The summed E-state index contributed by atoms with van der Waals surface area (Å²) in [6.45, 7) is 1.42. The number of nitrogens with zero attached hydrogens (tertiary/aromatic N) is 1. The predicted octanol–water partition coefficient (Wildman–Crippen LogP) is 2.47. The van der Waals surface area contributed by atoms with Gasteiger partial charge in [-0.1, -0.05) is 30.3 Å². The van der Waals surface area contributed by atoms with E-state index in [2.05, 4.69) is 10.6 Å². The van der Waals surface area contributed by atoms with Gasteiger partial charge in [0.15, 0.2) is 0 Å². The number of amides is 3. The van der Waals surface area contributed by atoms with Gasteiger partial charge in [0.2, 0.25) is 5.91 Å². The first-order valence-corrected chi connectivity index (χ1v) is 7.74. The summed E-state index contributed by atoms with van der Waals surface area (Å²) < 4.78 is 0. The first-order valence-electron chi connectivity index (χ1n) is 7.74. The molecule has 0 bridgehead atoms. The van der Waals surface area contributed by atoms with Gasteiger partial charge in [0.1, 0.15) is 5.70 Å². The van der Waals surface area contributed by atoms with E-state index in [4.69, 9.17) is 0 Å². The molecule has 0 atom stereocenters. The molecule has 25 heavy (non-hydrogen) atoms. The van der Waals surface area contributed by atoms with Gasteiger partial charge in [-0.25, -0.2) is 0 Å². The quantitative estimate of drug-likeness (QED) is 0.842. The summed E-state index contributed by atoms with van der Waals surface area (Å²) in [5.41, 5.74) is 2.51. The number of carbonyl (C=O) groups is 3. The van der Waals surface area contributed by atoms with Gasteiger partial charge < -0.3 is 10.6 Å². The van der Waals surface area contributed by atoms with Crippen LogP contribution >= 0.6 is 0 Å². The standard InChI is InChI=1S/C19H17N3O3/c1-12(23)20-15-10-8-13(9-11-15)16-17(19(25)22(2)18(16)24)21-14-6-4-3-5-7-14/h3-11,21H,1-2H3,(H,20,23). The van der Waals surface area contributed by atoms with E-state index in [-0.39, 0.29) is 23.4 Å². The largest absolute Gasteiger partial charge is 0.350 e. The molecule has 0 fully saturated rings.